The Bertz CT molecular complexity index is 482. The number of benzene rings is 1. The van der Waals surface area contributed by atoms with Crippen LogP contribution in [-0.2, 0) is 17.9 Å². The average Bonchev–Trinajstić information content (AvgIpc) is 2.48. The summed E-state index contributed by atoms with van der Waals surface area (Å²) >= 11 is 0. The van der Waals surface area contributed by atoms with Crippen LogP contribution in [0.4, 0.5) is 0 Å². The lowest BCUT2D eigenvalue weighted by atomic mass is 10.1. The molecule has 2 rings (SSSR count). The second-order valence-electron chi connectivity index (χ2n) is 5.36. The van der Waals surface area contributed by atoms with E-state index in [2.05, 4.69) is 17.0 Å². The molecule has 1 saturated heterocycles. The van der Waals surface area contributed by atoms with Gasteiger partial charge in [0.1, 0.15) is 5.75 Å². The molecule has 1 amide bonds. The van der Waals surface area contributed by atoms with Crippen molar-refractivity contribution in [3.8, 4) is 5.75 Å². The van der Waals surface area contributed by atoms with Gasteiger partial charge in [-0.05, 0) is 18.6 Å². The molecule has 1 heterocycles. The zero-order valence-corrected chi connectivity index (χ0v) is 13.0. The lowest BCUT2D eigenvalue weighted by Crippen LogP contribution is -2.47. The molecule has 0 spiro atoms. The summed E-state index contributed by atoms with van der Waals surface area (Å²) in [7, 11) is 0. The Labute approximate surface area is 126 Å². The summed E-state index contributed by atoms with van der Waals surface area (Å²) < 4.78 is 5.65. The molecular weight excluding hydrogens is 266 g/mol. The Hall–Kier alpha value is -1.59. The van der Waals surface area contributed by atoms with E-state index in [1.54, 1.807) is 6.92 Å². The molecule has 0 aromatic heterocycles. The first-order valence-electron chi connectivity index (χ1n) is 7.56. The van der Waals surface area contributed by atoms with E-state index in [0.717, 1.165) is 44.0 Å². The number of ether oxygens (including phenoxy) is 1. The number of rotatable bonds is 5. The molecule has 5 nitrogen and oxygen atoms in total. The van der Waals surface area contributed by atoms with Crippen LogP contribution in [0.25, 0.3) is 0 Å². The highest BCUT2D eigenvalue weighted by molar-refractivity contribution is 5.73. The number of carbonyl (C=O) groups excluding carboxylic acids is 1. The third kappa shape index (κ3) is 4.19. The smallest absolute Gasteiger partial charge is 0.219 e. The number of hydrogen-bond acceptors (Lipinski definition) is 4. The van der Waals surface area contributed by atoms with Gasteiger partial charge in [-0.2, -0.15) is 0 Å². The van der Waals surface area contributed by atoms with Crippen LogP contribution >= 0.6 is 0 Å². The Morgan fingerprint density at radius 3 is 2.57 bits per heavy atom. The molecule has 1 fully saturated rings. The van der Waals surface area contributed by atoms with Crippen LogP contribution in [0.5, 0.6) is 5.75 Å². The van der Waals surface area contributed by atoms with Crippen molar-refractivity contribution in [2.24, 2.45) is 5.73 Å². The molecular formula is C16H25N3O2. The minimum absolute atomic E-state index is 0.167. The Morgan fingerprint density at radius 2 is 2.00 bits per heavy atom. The summed E-state index contributed by atoms with van der Waals surface area (Å²) in [5, 5.41) is 0. The van der Waals surface area contributed by atoms with Crippen LogP contribution in [0.3, 0.4) is 0 Å². The lowest BCUT2D eigenvalue weighted by molar-refractivity contribution is -0.130. The Balaban J connectivity index is 1.97. The molecule has 116 valence electrons. The number of carbonyl (C=O) groups is 1. The van der Waals surface area contributed by atoms with E-state index < -0.39 is 0 Å². The first-order valence-corrected chi connectivity index (χ1v) is 7.56. The van der Waals surface area contributed by atoms with Crippen molar-refractivity contribution >= 4 is 5.91 Å². The van der Waals surface area contributed by atoms with Gasteiger partial charge in [-0.3, -0.25) is 9.69 Å². The van der Waals surface area contributed by atoms with Gasteiger partial charge in [0, 0.05) is 51.8 Å². The highest BCUT2D eigenvalue weighted by Crippen LogP contribution is 2.21. The van der Waals surface area contributed by atoms with Crippen LogP contribution in [0.15, 0.2) is 18.2 Å². The molecule has 1 aromatic carbocycles. The van der Waals surface area contributed by atoms with Crippen LogP contribution < -0.4 is 10.5 Å². The van der Waals surface area contributed by atoms with E-state index in [9.17, 15) is 4.79 Å². The van der Waals surface area contributed by atoms with Gasteiger partial charge in [-0.15, -0.1) is 0 Å². The van der Waals surface area contributed by atoms with Crippen molar-refractivity contribution in [3.63, 3.8) is 0 Å². The average molecular weight is 291 g/mol. The summed E-state index contributed by atoms with van der Waals surface area (Å²) in [6.07, 6.45) is 0. The zero-order chi connectivity index (χ0) is 15.2. The van der Waals surface area contributed by atoms with Crippen molar-refractivity contribution < 1.29 is 9.53 Å². The van der Waals surface area contributed by atoms with Gasteiger partial charge in [-0.1, -0.05) is 12.1 Å². The van der Waals surface area contributed by atoms with Crippen LogP contribution in [0, 0.1) is 0 Å². The third-order valence-corrected chi connectivity index (χ3v) is 3.88. The number of nitrogens with two attached hydrogens (primary N) is 1. The van der Waals surface area contributed by atoms with Crippen LogP contribution in [0.1, 0.15) is 25.0 Å². The predicted octanol–water partition coefficient (Wildman–Crippen LogP) is 1.21. The van der Waals surface area contributed by atoms with E-state index in [1.165, 1.54) is 5.56 Å². The molecule has 21 heavy (non-hydrogen) atoms. The first-order chi connectivity index (χ1) is 10.1. The van der Waals surface area contributed by atoms with Gasteiger partial charge in [-0.25, -0.2) is 0 Å². The highest BCUT2D eigenvalue weighted by atomic mass is 16.5. The maximum absolute atomic E-state index is 11.3. The van der Waals surface area contributed by atoms with Crippen molar-refractivity contribution in [1.29, 1.82) is 0 Å². The SMILES string of the molecule is CCOc1cc(CN2CCN(C(C)=O)CC2)ccc1CN. The molecule has 5 heteroatoms. The fourth-order valence-electron chi connectivity index (χ4n) is 2.63. The molecule has 0 saturated carbocycles. The van der Waals surface area contributed by atoms with E-state index in [4.69, 9.17) is 10.5 Å². The van der Waals surface area contributed by atoms with Gasteiger partial charge in [0.2, 0.25) is 5.91 Å². The van der Waals surface area contributed by atoms with E-state index >= 15 is 0 Å². The fraction of sp³-hybridized carbons (Fsp3) is 0.562. The van der Waals surface area contributed by atoms with Crippen LogP contribution in [-0.4, -0.2) is 48.5 Å². The maximum Gasteiger partial charge on any atom is 0.219 e. The third-order valence-electron chi connectivity index (χ3n) is 3.88. The molecule has 1 aliphatic rings. The fourth-order valence-corrected chi connectivity index (χ4v) is 2.63. The van der Waals surface area contributed by atoms with Crippen molar-refractivity contribution in [2.45, 2.75) is 26.9 Å². The lowest BCUT2D eigenvalue weighted by Gasteiger charge is -2.34. The van der Waals surface area contributed by atoms with Crippen molar-refractivity contribution in [2.75, 3.05) is 32.8 Å². The van der Waals surface area contributed by atoms with Gasteiger partial charge in [0.25, 0.3) is 0 Å². The summed E-state index contributed by atoms with van der Waals surface area (Å²) in [6.45, 7) is 9.11. The number of nitrogens with zero attached hydrogens (tertiary/aromatic N) is 2. The molecule has 0 unspecified atom stereocenters. The van der Waals surface area contributed by atoms with Crippen molar-refractivity contribution in [1.82, 2.24) is 9.80 Å². The minimum atomic E-state index is 0.167. The maximum atomic E-state index is 11.3. The zero-order valence-electron chi connectivity index (χ0n) is 13.0. The summed E-state index contributed by atoms with van der Waals surface area (Å²) in [4.78, 5) is 15.6. The van der Waals surface area contributed by atoms with E-state index in [0.29, 0.717) is 13.2 Å². The van der Waals surface area contributed by atoms with Gasteiger partial charge in [0.15, 0.2) is 0 Å². The largest absolute Gasteiger partial charge is 0.494 e. The van der Waals surface area contributed by atoms with Gasteiger partial charge < -0.3 is 15.4 Å². The van der Waals surface area contributed by atoms with E-state index in [-0.39, 0.29) is 5.91 Å². The molecule has 0 radical (unpaired) electrons. The predicted molar refractivity (Wildman–Crippen MR) is 83.0 cm³/mol. The second-order valence-corrected chi connectivity index (χ2v) is 5.36. The summed E-state index contributed by atoms with van der Waals surface area (Å²) in [5.74, 6) is 1.06. The topological polar surface area (TPSA) is 58.8 Å². The monoisotopic (exact) mass is 291 g/mol. The molecule has 1 aliphatic heterocycles. The number of amides is 1. The van der Waals surface area contributed by atoms with Gasteiger partial charge >= 0.3 is 0 Å². The molecule has 0 atom stereocenters. The second kappa shape index (κ2) is 7.43. The van der Waals surface area contributed by atoms with Gasteiger partial charge in [0.05, 0.1) is 6.61 Å². The highest BCUT2D eigenvalue weighted by Gasteiger charge is 2.18. The standard InChI is InChI=1S/C16H25N3O2/c1-3-21-16-10-14(4-5-15(16)11-17)12-18-6-8-19(9-7-18)13(2)20/h4-5,10H,3,6-9,11-12,17H2,1-2H3. The minimum Gasteiger partial charge on any atom is -0.494 e. The summed E-state index contributed by atoms with van der Waals surface area (Å²) in [6, 6.07) is 6.25. The molecule has 0 aliphatic carbocycles. The number of hydrogen-bond donors (Lipinski definition) is 1. The molecule has 2 N–H and O–H groups in total. The van der Waals surface area contributed by atoms with E-state index in [1.807, 2.05) is 17.9 Å². The Kier molecular flexibility index (Phi) is 5.59. The molecule has 1 aromatic rings. The molecule has 0 bridgehead atoms. The van der Waals surface area contributed by atoms with Crippen LogP contribution in [0.2, 0.25) is 0 Å². The quantitative estimate of drug-likeness (QED) is 0.886. The summed E-state index contributed by atoms with van der Waals surface area (Å²) in [5.41, 5.74) is 8.00. The normalized spacial score (nSPS) is 16.0. The van der Waals surface area contributed by atoms with Crippen molar-refractivity contribution in [3.05, 3.63) is 29.3 Å². The number of piperazine rings is 1. The Morgan fingerprint density at radius 1 is 1.29 bits per heavy atom. The first kappa shape index (κ1) is 15.8.